The van der Waals surface area contributed by atoms with E-state index < -0.39 is 0 Å². The molecule has 4 aromatic rings. The minimum Gasteiger partial charge on any atom is -0.459 e. The second kappa shape index (κ2) is 7.48. The van der Waals surface area contributed by atoms with E-state index in [1.54, 1.807) is 30.3 Å². The van der Waals surface area contributed by atoms with Gasteiger partial charge >= 0.3 is 0 Å². The van der Waals surface area contributed by atoms with Crippen molar-refractivity contribution in [2.45, 2.75) is 20.3 Å². The number of furan rings is 1. The monoisotopic (exact) mass is 394 g/mol. The quantitative estimate of drug-likeness (QED) is 0.479. The lowest BCUT2D eigenvalue weighted by Crippen LogP contribution is -2.10. The van der Waals surface area contributed by atoms with E-state index in [0.717, 1.165) is 17.5 Å². The van der Waals surface area contributed by atoms with Crippen LogP contribution in [0.25, 0.3) is 22.6 Å². The Morgan fingerprint density at radius 1 is 1.29 bits per heavy atom. The van der Waals surface area contributed by atoms with E-state index >= 15 is 0 Å². The molecule has 0 fully saturated rings. The summed E-state index contributed by atoms with van der Waals surface area (Å²) in [6, 6.07) is 10.6. The van der Waals surface area contributed by atoms with E-state index in [9.17, 15) is 4.79 Å². The summed E-state index contributed by atoms with van der Waals surface area (Å²) in [6.07, 6.45) is 4.26. The average Bonchev–Trinajstić information content (AvgIpc) is 3.32. The van der Waals surface area contributed by atoms with E-state index in [1.807, 2.05) is 6.20 Å². The van der Waals surface area contributed by atoms with E-state index in [4.69, 9.17) is 16.0 Å². The maximum absolute atomic E-state index is 12.2. The SMILES string of the molecule is CC(C)Cc1cnc2nc(-c3cc(NC(=O)c4ccco4)ccc3Cl)[nH]c2c1. The van der Waals surface area contributed by atoms with Crippen LogP contribution in [0.3, 0.4) is 0 Å². The lowest BCUT2D eigenvalue weighted by atomic mass is 10.0. The highest BCUT2D eigenvalue weighted by Gasteiger charge is 2.14. The minimum absolute atomic E-state index is 0.238. The third-order valence-corrected chi connectivity index (χ3v) is 4.59. The number of carbonyl (C=O) groups is 1. The van der Waals surface area contributed by atoms with Crippen molar-refractivity contribution in [3.05, 3.63) is 65.2 Å². The zero-order chi connectivity index (χ0) is 19.7. The molecule has 0 spiro atoms. The second-order valence-corrected chi connectivity index (χ2v) is 7.43. The highest BCUT2D eigenvalue weighted by molar-refractivity contribution is 6.33. The van der Waals surface area contributed by atoms with E-state index in [0.29, 0.717) is 33.7 Å². The van der Waals surface area contributed by atoms with Crippen LogP contribution < -0.4 is 5.32 Å². The minimum atomic E-state index is -0.331. The van der Waals surface area contributed by atoms with Gasteiger partial charge in [0.2, 0.25) is 0 Å². The molecule has 7 heteroatoms. The molecule has 0 aliphatic rings. The largest absolute Gasteiger partial charge is 0.459 e. The summed E-state index contributed by atoms with van der Waals surface area (Å²) >= 11 is 6.38. The number of imidazole rings is 1. The Bertz CT molecular complexity index is 1130. The molecule has 3 aromatic heterocycles. The maximum atomic E-state index is 12.2. The molecule has 28 heavy (non-hydrogen) atoms. The summed E-state index contributed by atoms with van der Waals surface area (Å²) < 4.78 is 5.12. The highest BCUT2D eigenvalue weighted by atomic mass is 35.5. The first-order valence-corrected chi connectivity index (χ1v) is 9.37. The van der Waals surface area contributed by atoms with Crippen LogP contribution in [0.15, 0.2) is 53.3 Å². The van der Waals surface area contributed by atoms with E-state index in [-0.39, 0.29) is 11.7 Å². The number of nitrogens with zero attached hydrogens (tertiary/aromatic N) is 2. The summed E-state index contributed by atoms with van der Waals surface area (Å²) in [5.74, 6) is 1.05. The molecule has 0 saturated carbocycles. The van der Waals surface area contributed by atoms with Gasteiger partial charge in [-0.1, -0.05) is 25.4 Å². The van der Waals surface area contributed by atoms with Crippen LogP contribution in [0.5, 0.6) is 0 Å². The van der Waals surface area contributed by atoms with Crippen molar-refractivity contribution in [2.75, 3.05) is 5.32 Å². The van der Waals surface area contributed by atoms with Gasteiger partial charge in [-0.3, -0.25) is 4.79 Å². The molecule has 142 valence electrons. The standard InChI is InChI=1S/C21H19ClN4O2/c1-12(2)8-13-9-17-20(23-11-13)26-19(25-17)15-10-14(5-6-16(15)22)24-21(27)18-4-3-7-28-18/h3-7,9-12H,8H2,1-2H3,(H,24,27)(H,23,25,26). The third-order valence-electron chi connectivity index (χ3n) is 4.26. The van der Waals surface area contributed by atoms with Crippen LogP contribution >= 0.6 is 11.6 Å². The number of amides is 1. The van der Waals surface area contributed by atoms with E-state index in [1.165, 1.54) is 6.26 Å². The molecule has 0 radical (unpaired) electrons. The number of hydrogen-bond donors (Lipinski definition) is 2. The van der Waals surface area contributed by atoms with Crippen molar-refractivity contribution in [1.29, 1.82) is 0 Å². The first-order chi connectivity index (χ1) is 13.5. The smallest absolute Gasteiger partial charge is 0.291 e. The summed E-state index contributed by atoms with van der Waals surface area (Å²) in [4.78, 5) is 24.5. The fraction of sp³-hybridized carbons (Fsp3) is 0.190. The molecular formula is C21H19ClN4O2. The van der Waals surface area contributed by atoms with Gasteiger partial charge in [0, 0.05) is 17.4 Å². The molecular weight excluding hydrogens is 376 g/mol. The van der Waals surface area contributed by atoms with Gasteiger partial charge in [0.15, 0.2) is 11.4 Å². The van der Waals surface area contributed by atoms with Crippen molar-refractivity contribution in [2.24, 2.45) is 5.92 Å². The average molecular weight is 395 g/mol. The zero-order valence-corrected chi connectivity index (χ0v) is 16.2. The summed E-state index contributed by atoms with van der Waals surface area (Å²) in [5.41, 5.74) is 3.91. The molecule has 1 aromatic carbocycles. The number of rotatable bonds is 5. The highest BCUT2D eigenvalue weighted by Crippen LogP contribution is 2.30. The normalized spacial score (nSPS) is 11.3. The van der Waals surface area contributed by atoms with Crippen LogP contribution in [-0.4, -0.2) is 20.9 Å². The van der Waals surface area contributed by atoms with Crippen molar-refractivity contribution in [3.63, 3.8) is 0 Å². The number of hydrogen-bond acceptors (Lipinski definition) is 4. The Labute approximate surface area is 167 Å². The van der Waals surface area contributed by atoms with Gasteiger partial charge in [-0.15, -0.1) is 0 Å². The third kappa shape index (κ3) is 3.77. The molecule has 0 bridgehead atoms. The van der Waals surface area contributed by atoms with Gasteiger partial charge in [0.1, 0.15) is 5.82 Å². The number of fused-ring (bicyclic) bond motifs is 1. The maximum Gasteiger partial charge on any atom is 0.291 e. The molecule has 1 amide bonds. The number of H-pyrrole nitrogens is 1. The fourth-order valence-corrected chi connectivity index (χ4v) is 3.25. The van der Waals surface area contributed by atoms with Gasteiger partial charge in [0.25, 0.3) is 5.91 Å². The van der Waals surface area contributed by atoms with Crippen LogP contribution in [0.2, 0.25) is 5.02 Å². The number of aromatic amines is 1. The molecule has 2 N–H and O–H groups in total. The molecule has 3 heterocycles. The Balaban J connectivity index is 1.65. The van der Waals surface area contributed by atoms with Gasteiger partial charge in [-0.2, -0.15) is 0 Å². The molecule has 0 aliphatic heterocycles. The van der Waals surface area contributed by atoms with Crippen molar-refractivity contribution in [1.82, 2.24) is 15.0 Å². The summed E-state index contributed by atoms with van der Waals surface area (Å²) in [5, 5.41) is 3.32. The lowest BCUT2D eigenvalue weighted by molar-refractivity contribution is 0.0996. The Hall–Kier alpha value is -3.12. The fourth-order valence-electron chi connectivity index (χ4n) is 3.04. The molecule has 0 aliphatic carbocycles. The van der Waals surface area contributed by atoms with Gasteiger partial charge < -0.3 is 14.7 Å². The van der Waals surface area contributed by atoms with Gasteiger partial charge in [-0.25, -0.2) is 9.97 Å². The number of carbonyl (C=O) groups excluding carboxylic acids is 1. The van der Waals surface area contributed by atoms with E-state index in [2.05, 4.69) is 40.2 Å². The number of nitrogens with one attached hydrogen (secondary N) is 2. The molecule has 6 nitrogen and oxygen atoms in total. The lowest BCUT2D eigenvalue weighted by Gasteiger charge is -2.07. The Morgan fingerprint density at radius 2 is 2.14 bits per heavy atom. The van der Waals surface area contributed by atoms with Crippen LogP contribution in [-0.2, 0) is 6.42 Å². The number of halogens is 1. The number of pyridine rings is 1. The Morgan fingerprint density at radius 3 is 2.89 bits per heavy atom. The summed E-state index contributed by atoms with van der Waals surface area (Å²) in [7, 11) is 0. The Kier molecular flexibility index (Phi) is 4.88. The van der Waals surface area contributed by atoms with Crippen molar-refractivity contribution >= 4 is 34.4 Å². The number of anilines is 1. The second-order valence-electron chi connectivity index (χ2n) is 7.02. The van der Waals surface area contributed by atoms with Gasteiger partial charge in [0.05, 0.1) is 16.8 Å². The molecule has 4 rings (SSSR count). The first-order valence-electron chi connectivity index (χ1n) is 8.99. The zero-order valence-electron chi connectivity index (χ0n) is 15.5. The van der Waals surface area contributed by atoms with Crippen molar-refractivity contribution < 1.29 is 9.21 Å². The molecule has 0 atom stereocenters. The van der Waals surface area contributed by atoms with Crippen LogP contribution in [0.1, 0.15) is 30.0 Å². The van der Waals surface area contributed by atoms with Crippen molar-refractivity contribution in [3.8, 4) is 11.4 Å². The van der Waals surface area contributed by atoms with Crippen LogP contribution in [0.4, 0.5) is 5.69 Å². The first kappa shape index (κ1) is 18.3. The summed E-state index contributed by atoms with van der Waals surface area (Å²) in [6.45, 7) is 4.34. The number of aromatic nitrogens is 3. The topological polar surface area (TPSA) is 83.8 Å². The predicted molar refractivity (Wildman–Crippen MR) is 110 cm³/mol. The number of benzene rings is 1. The predicted octanol–water partition coefficient (Wildman–Crippen LogP) is 5.32. The molecule has 0 unspecified atom stereocenters. The molecule has 0 saturated heterocycles. The van der Waals surface area contributed by atoms with Crippen LogP contribution in [0, 0.1) is 5.92 Å². The van der Waals surface area contributed by atoms with Gasteiger partial charge in [-0.05, 0) is 54.3 Å².